The fraction of sp³-hybridized carbons (Fsp3) is 0.870. The number of esters is 1. The van der Waals surface area contributed by atoms with Crippen molar-refractivity contribution < 1.29 is 9.53 Å². The van der Waals surface area contributed by atoms with Gasteiger partial charge in [0.25, 0.3) is 0 Å². The van der Waals surface area contributed by atoms with Crippen LogP contribution in [0.1, 0.15) is 71.6 Å². The van der Waals surface area contributed by atoms with Gasteiger partial charge in [-0.2, -0.15) is 0 Å². The molecular weight excluding hydrogens is 308 g/mol. The highest BCUT2D eigenvalue weighted by Crippen LogP contribution is 2.67. The van der Waals surface area contributed by atoms with E-state index in [4.69, 9.17) is 4.74 Å². The van der Waals surface area contributed by atoms with Crippen molar-refractivity contribution in [3.05, 3.63) is 12.2 Å². The van der Waals surface area contributed by atoms with Gasteiger partial charge in [0, 0.05) is 5.41 Å². The number of ether oxygens (including phenoxy) is 1. The van der Waals surface area contributed by atoms with Crippen LogP contribution < -0.4 is 0 Å². The largest absolute Gasteiger partial charge is 0.462 e. The van der Waals surface area contributed by atoms with Gasteiger partial charge in [-0.05, 0) is 81.0 Å². The van der Waals surface area contributed by atoms with E-state index in [2.05, 4.69) is 26.0 Å². The average molecular weight is 343 g/mol. The second kappa shape index (κ2) is 5.86. The third kappa shape index (κ3) is 2.31. The summed E-state index contributed by atoms with van der Waals surface area (Å²) in [4.78, 5) is 13.1. The van der Waals surface area contributed by atoms with Crippen molar-refractivity contribution in [3.8, 4) is 0 Å². The third-order valence-electron chi connectivity index (χ3n) is 9.28. The van der Waals surface area contributed by atoms with E-state index < -0.39 is 0 Å². The maximum atomic E-state index is 13.1. The molecule has 0 aromatic heterocycles. The number of rotatable bonds is 4. The SMILES string of the molecule is CCC1(C(C)OC(=O)C2CC3CC2C2C4C=CC(C4)C32)CCCCC1. The molecule has 0 heterocycles. The molecule has 4 fully saturated rings. The molecule has 0 aromatic rings. The van der Waals surface area contributed by atoms with Crippen molar-refractivity contribution in [3.63, 3.8) is 0 Å². The Hall–Kier alpha value is -0.790. The van der Waals surface area contributed by atoms with Crippen LogP contribution in [-0.2, 0) is 9.53 Å². The second-order valence-corrected chi connectivity index (χ2v) is 9.96. The average Bonchev–Trinajstić information content (AvgIpc) is 3.40. The standard InChI is InChI=1S/C23H34O2/c1-3-23(9-5-4-6-10-23)14(2)25-22(24)19-13-17-12-18(19)21-16-8-7-15(11-16)20(17)21/h7-8,14-21H,3-6,9-13H2,1-2H3. The molecule has 0 aliphatic heterocycles. The molecule has 25 heavy (non-hydrogen) atoms. The molecular formula is C23H34O2. The van der Waals surface area contributed by atoms with Crippen molar-refractivity contribution >= 4 is 5.97 Å². The lowest BCUT2D eigenvalue weighted by Crippen LogP contribution is -2.41. The summed E-state index contributed by atoms with van der Waals surface area (Å²) in [5.74, 6) is 5.11. The summed E-state index contributed by atoms with van der Waals surface area (Å²) in [5, 5.41) is 0. The number of allylic oxidation sites excluding steroid dienone is 2. The lowest BCUT2D eigenvalue weighted by atomic mass is 9.68. The zero-order chi connectivity index (χ0) is 17.2. The van der Waals surface area contributed by atoms with Crippen LogP contribution in [0.2, 0.25) is 0 Å². The van der Waals surface area contributed by atoms with E-state index >= 15 is 0 Å². The summed E-state index contributed by atoms with van der Waals surface area (Å²) >= 11 is 0. The molecule has 0 amide bonds. The van der Waals surface area contributed by atoms with Gasteiger partial charge in [0.2, 0.25) is 0 Å². The summed E-state index contributed by atoms with van der Waals surface area (Å²) in [6, 6.07) is 0. The Morgan fingerprint density at radius 3 is 2.52 bits per heavy atom. The zero-order valence-electron chi connectivity index (χ0n) is 16.0. The fourth-order valence-electron chi connectivity index (χ4n) is 7.98. The zero-order valence-corrected chi connectivity index (χ0v) is 16.0. The molecule has 0 N–H and O–H groups in total. The lowest BCUT2D eigenvalue weighted by molar-refractivity contribution is -0.165. The smallest absolute Gasteiger partial charge is 0.309 e. The molecule has 2 nitrogen and oxygen atoms in total. The van der Waals surface area contributed by atoms with Crippen LogP contribution in [-0.4, -0.2) is 12.1 Å². The monoisotopic (exact) mass is 342 g/mol. The molecule has 5 rings (SSSR count). The van der Waals surface area contributed by atoms with E-state index in [1.54, 1.807) is 0 Å². The van der Waals surface area contributed by atoms with Crippen molar-refractivity contribution in [2.24, 2.45) is 46.8 Å². The Morgan fingerprint density at radius 2 is 1.80 bits per heavy atom. The number of hydrogen-bond acceptors (Lipinski definition) is 2. The molecule has 8 atom stereocenters. The third-order valence-corrected chi connectivity index (χ3v) is 9.28. The van der Waals surface area contributed by atoms with E-state index in [1.165, 1.54) is 44.9 Å². The quantitative estimate of drug-likeness (QED) is 0.390. The molecule has 2 heteroatoms. The summed E-state index contributed by atoms with van der Waals surface area (Å²) in [6.45, 7) is 4.47. The van der Waals surface area contributed by atoms with E-state index in [1.807, 2.05) is 0 Å². The van der Waals surface area contributed by atoms with Crippen LogP contribution in [0.4, 0.5) is 0 Å². The maximum absolute atomic E-state index is 13.1. The molecule has 0 saturated heterocycles. The fourth-order valence-corrected chi connectivity index (χ4v) is 7.98. The molecule has 0 radical (unpaired) electrons. The lowest BCUT2D eigenvalue weighted by Gasteiger charge is -2.42. The number of fused-ring (bicyclic) bond motifs is 9. The Bertz CT molecular complexity index is 573. The Morgan fingerprint density at radius 1 is 1.08 bits per heavy atom. The molecule has 0 aromatic carbocycles. The highest BCUT2D eigenvalue weighted by Gasteiger charge is 2.62. The predicted octanol–water partition coefficient (Wildman–Crippen LogP) is 5.37. The van der Waals surface area contributed by atoms with E-state index in [0.717, 1.165) is 42.4 Å². The predicted molar refractivity (Wildman–Crippen MR) is 98.8 cm³/mol. The van der Waals surface area contributed by atoms with E-state index in [0.29, 0.717) is 5.92 Å². The molecule has 5 aliphatic carbocycles. The summed E-state index contributed by atoms with van der Waals surface area (Å²) in [5.41, 5.74) is 0.253. The van der Waals surface area contributed by atoms with E-state index in [-0.39, 0.29) is 23.4 Å². The van der Waals surface area contributed by atoms with Gasteiger partial charge >= 0.3 is 5.97 Å². The molecule has 4 saturated carbocycles. The van der Waals surface area contributed by atoms with Gasteiger partial charge in [-0.25, -0.2) is 0 Å². The van der Waals surface area contributed by atoms with Crippen molar-refractivity contribution in [1.29, 1.82) is 0 Å². The number of carbonyl (C=O) groups excluding carboxylic acids is 1. The van der Waals surface area contributed by atoms with Gasteiger partial charge < -0.3 is 4.74 Å². The van der Waals surface area contributed by atoms with Crippen LogP contribution >= 0.6 is 0 Å². The van der Waals surface area contributed by atoms with Gasteiger partial charge in [0.05, 0.1) is 5.92 Å². The first-order valence-electron chi connectivity index (χ1n) is 11.0. The number of carbonyl (C=O) groups is 1. The Balaban J connectivity index is 1.27. The molecule has 5 aliphatic rings. The highest BCUT2D eigenvalue weighted by atomic mass is 16.5. The molecule has 8 unspecified atom stereocenters. The highest BCUT2D eigenvalue weighted by molar-refractivity contribution is 5.74. The van der Waals surface area contributed by atoms with Gasteiger partial charge in [-0.3, -0.25) is 4.79 Å². The van der Waals surface area contributed by atoms with Crippen molar-refractivity contribution in [2.75, 3.05) is 0 Å². The van der Waals surface area contributed by atoms with Gasteiger partial charge in [0.1, 0.15) is 6.10 Å². The van der Waals surface area contributed by atoms with Crippen LogP contribution in [0.5, 0.6) is 0 Å². The summed E-state index contributed by atoms with van der Waals surface area (Å²) in [7, 11) is 0. The normalized spacial score (nSPS) is 47.0. The van der Waals surface area contributed by atoms with Crippen molar-refractivity contribution in [2.45, 2.75) is 77.7 Å². The molecule has 0 spiro atoms. The second-order valence-electron chi connectivity index (χ2n) is 9.96. The van der Waals surface area contributed by atoms with Crippen molar-refractivity contribution in [1.82, 2.24) is 0 Å². The minimum Gasteiger partial charge on any atom is -0.462 e. The van der Waals surface area contributed by atoms with Crippen LogP contribution in [0.3, 0.4) is 0 Å². The summed E-state index contributed by atoms with van der Waals surface area (Å²) < 4.78 is 6.19. The van der Waals surface area contributed by atoms with Crippen LogP contribution in [0.25, 0.3) is 0 Å². The van der Waals surface area contributed by atoms with Gasteiger partial charge in [-0.15, -0.1) is 0 Å². The summed E-state index contributed by atoms with van der Waals surface area (Å²) in [6.07, 6.45) is 16.4. The minimum atomic E-state index is 0.0974. The van der Waals surface area contributed by atoms with E-state index in [9.17, 15) is 4.79 Å². The Labute approximate surface area is 152 Å². The first kappa shape index (κ1) is 16.4. The van der Waals surface area contributed by atoms with Gasteiger partial charge in [-0.1, -0.05) is 38.3 Å². The first-order chi connectivity index (χ1) is 12.1. The minimum absolute atomic E-state index is 0.0974. The number of hydrogen-bond donors (Lipinski definition) is 0. The van der Waals surface area contributed by atoms with Gasteiger partial charge in [0.15, 0.2) is 0 Å². The topological polar surface area (TPSA) is 26.3 Å². The van der Waals surface area contributed by atoms with Crippen LogP contribution in [0.15, 0.2) is 12.2 Å². The molecule has 138 valence electrons. The first-order valence-corrected chi connectivity index (χ1v) is 11.0. The molecule has 4 bridgehead atoms. The maximum Gasteiger partial charge on any atom is 0.309 e. The Kier molecular flexibility index (Phi) is 3.84. The van der Waals surface area contributed by atoms with Crippen LogP contribution in [0, 0.1) is 46.8 Å².